The molecule has 0 aliphatic heterocycles. The fourth-order valence-corrected chi connectivity index (χ4v) is 7.10. The van der Waals surface area contributed by atoms with Gasteiger partial charge in [-0.1, -0.05) is 57.1 Å². The molecule has 0 saturated heterocycles. The molecule has 0 heterocycles. The van der Waals surface area contributed by atoms with Gasteiger partial charge in [0.1, 0.15) is 0 Å². The van der Waals surface area contributed by atoms with Crippen molar-refractivity contribution in [2.24, 2.45) is 22.7 Å². The van der Waals surface area contributed by atoms with Crippen LogP contribution in [0.15, 0.2) is 35.5 Å². The van der Waals surface area contributed by atoms with E-state index in [1.54, 1.807) is 5.57 Å². The molecule has 0 amide bonds. The van der Waals surface area contributed by atoms with Crippen LogP contribution in [0.5, 0.6) is 0 Å². The fourth-order valence-electron chi connectivity index (χ4n) is 7.10. The van der Waals surface area contributed by atoms with Gasteiger partial charge in [0.05, 0.1) is 17.8 Å². The van der Waals surface area contributed by atoms with Crippen molar-refractivity contribution in [1.29, 1.82) is 0 Å². The van der Waals surface area contributed by atoms with Gasteiger partial charge in [-0.2, -0.15) is 0 Å². The SMILES string of the molecule is C=C1C(O)CC(=CC=C2CCCC3(C)C2CCC3C(C)(C)CCCC(C)(C)O)CC1O. The summed E-state index contributed by atoms with van der Waals surface area (Å²) in [5.74, 6) is 1.36. The highest BCUT2D eigenvalue weighted by Crippen LogP contribution is 2.62. The lowest BCUT2D eigenvalue weighted by molar-refractivity contribution is 0.0280. The summed E-state index contributed by atoms with van der Waals surface area (Å²) in [6.07, 6.45) is 13.9. The van der Waals surface area contributed by atoms with E-state index in [0.29, 0.717) is 35.7 Å². The molecule has 0 spiro atoms. The van der Waals surface area contributed by atoms with Gasteiger partial charge < -0.3 is 15.3 Å². The Kier molecular flexibility index (Phi) is 7.30. The average molecular weight is 431 g/mol. The molecule has 31 heavy (non-hydrogen) atoms. The maximum atomic E-state index is 10.2. The molecule has 0 aromatic heterocycles. The zero-order chi connectivity index (χ0) is 23.0. The minimum Gasteiger partial charge on any atom is -0.390 e. The van der Waals surface area contributed by atoms with Gasteiger partial charge in [-0.15, -0.1) is 0 Å². The Balaban J connectivity index is 1.72. The van der Waals surface area contributed by atoms with Crippen molar-refractivity contribution >= 4 is 0 Å². The molecule has 0 aromatic rings. The van der Waals surface area contributed by atoms with Crippen molar-refractivity contribution in [3.8, 4) is 0 Å². The van der Waals surface area contributed by atoms with Crippen molar-refractivity contribution in [1.82, 2.24) is 0 Å². The van der Waals surface area contributed by atoms with E-state index in [1.807, 2.05) is 13.8 Å². The smallest absolute Gasteiger partial charge is 0.0809 e. The molecule has 0 radical (unpaired) electrons. The van der Waals surface area contributed by atoms with E-state index in [2.05, 4.69) is 39.5 Å². The van der Waals surface area contributed by atoms with Crippen LogP contribution in [0.3, 0.4) is 0 Å². The third kappa shape index (κ3) is 5.54. The highest BCUT2D eigenvalue weighted by atomic mass is 16.3. The van der Waals surface area contributed by atoms with Crippen LogP contribution in [-0.2, 0) is 0 Å². The molecule has 0 aromatic carbocycles. The number of aliphatic hydroxyl groups excluding tert-OH is 2. The van der Waals surface area contributed by atoms with Crippen LogP contribution in [0, 0.1) is 22.7 Å². The summed E-state index contributed by atoms with van der Waals surface area (Å²) >= 11 is 0. The number of hydrogen-bond acceptors (Lipinski definition) is 3. The van der Waals surface area contributed by atoms with Gasteiger partial charge in [0.15, 0.2) is 0 Å². The van der Waals surface area contributed by atoms with E-state index < -0.39 is 17.8 Å². The first kappa shape index (κ1) is 24.7. The van der Waals surface area contributed by atoms with Crippen LogP contribution in [0.25, 0.3) is 0 Å². The second-order valence-corrected chi connectivity index (χ2v) is 12.3. The molecule has 5 atom stereocenters. The zero-order valence-electron chi connectivity index (χ0n) is 20.6. The van der Waals surface area contributed by atoms with Gasteiger partial charge in [-0.05, 0) is 99.9 Å². The highest BCUT2D eigenvalue weighted by molar-refractivity contribution is 5.29. The minimum absolute atomic E-state index is 0.285. The Labute approximate surface area is 190 Å². The average Bonchev–Trinajstić information content (AvgIpc) is 3.01. The summed E-state index contributed by atoms with van der Waals surface area (Å²) in [6, 6.07) is 0. The van der Waals surface area contributed by atoms with Gasteiger partial charge >= 0.3 is 0 Å². The first-order valence-corrected chi connectivity index (χ1v) is 12.5. The zero-order valence-corrected chi connectivity index (χ0v) is 20.6. The van der Waals surface area contributed by atoms with E-state index in [0.717, 1.165) is 18.4 Å². The Morgan fingerprint density at radius 1 is 1.03 bits per heavy atom. The summed E-state index contributed by atoms with van der Waals surface area (Å²) in [4.78, 5) is 0. The Bertz CT molecular complexity index is 707. The van der Waals surface area contributed by atoms with Crippen molar-refractivity contribution < 1.29 is 15.3 Å². The molecule has 3 fully saturated rings. The van der Waals surface area contributed by atoms with Crippen molar-refractivity contribution in [2.75, 3.05) is 0 Å². The van der Waals surface area contributed by atoms with Crippen molar-refractivity contribution in [2.45, 2.75) is 117 Å². The van der Waals surface area contributed by atoms with E-state index in [4.69, 9.17) is 0 Å². The molecule has 0 bridgehead atoms. The third-order valence-corrected chi connectivity index (χ3v) is 8.82. The maximum Gasteiger partial charge on any atom is 0.0809 e. The quantitative estimate of drug-likeness (QED) is 0.447. The first-order valence-electron chi connectivity index (χ1n) is 12.5. The minimum atomic E-state index is -0.620. The first-order chi connectivity index (χ1) is 14.3. The lowest BCUT2D eigenvalue weighted by Gasteiger charge is -2.48. The predicted molar refractivity (Wildman–Crippen MR) is 129 cm³/mol. The molecule has 176 valence electrons. The molecule has 3 N–H and O–H groups in total. The van der Waals surface area contributed by atoms with Gasteiger partial charge in [0.2, 0.25) is 0 Å². The molecule has 3 rings (SSSR count). The fraction of sp³-hybridized carbons (Fsp3) is 0.786. The molecule has 3 heteroatoms. The number of rotatable bonds is 6. The van der Waals surface area contributed by atoms with Crippen LogP contribution in [-0.4, -0.2) is 33.1 Å². The third-order valence-electron chi connectivity index (χ3n) is 8.82. The highest BCUT2D eigenvalue weighted by Gasteiger charge is 2.53. The van der Waals surface area contributed by atoms with Gasteiger partial charge in [-0.3, -0.25) is 0 Å². The van der Waals surface area contributed by atoms with Crippen LogP contribution < -0.4 is 0 Å². The van der Waals surface area contributed by atoms with E-state index in [9.17, 15) is 15.3 Å². The summed E-state index contributed by atoms with van der Waals surface area (Å²) in [5.41, 5.74) is 3.33. The number of aliphatic hydroxyl groups is 3. The summed E-state index contributed by atoms with van der Waals surface area (Å²) in [7, 11) is 0. The lowest BCUT2D eigenvalue weighted by Crippen LogP contribution is -2.40. The molecule has 3 aliphatic rings. The molecule has 3 nitrogen and oxygen atoms in total. The summed E-state index contributed by atoms with van der Waals surface area (Å²) < 4.78 is 0. The normalized spacial score (nSPS) is 36.1. The lowest BCUT2D eigenvalue weighted by atomic mass is 9.57. The van der Waals surface area contributed by atoms with Gasteiger partial charge in [0, 0.05) is 0 Å². The molecular weight excluding hydrogens is 384 g/mol. The summed E-state index contributed by atoms with van der Waals surface area (Å²) in [6.45, 7) is 15.1. The van der Waals surface area contributed by atoms with Crippen molar-refractivity contribution in [3.63, 3.8) is 0 Å². The predicted octanol–water partition coefficient (Wildman–Crippen LogP) is 6.09. The van der Waals surface area contributed by atoms with Gasteiger partial charge in [-0.25, -0.2) is 0 Å². The molecule has 5 unspecified atom stereocenters. The monoisotopic (exact) mass is 430 g/mol. The Morgan fingerprint density at radius 3 is 2.29 bits per heavy atom. The van der Waals surface area contributed by atoms with E-state index >= 15 is 0 Å². The topological polar surface area (TPSA) is 60.7 Å². The van der Waals surface area contributed by atoms with E-state index in [1.165, 1.54) is 38.5 Å². The van der Waals surface area contributed by atoms with Crippen molar-refractivity contribution in [3.05, 3.63) is 35.5 Å². The largest absolute Gasteiger partial charge is 0.390 e. The van der Waals surface area contributed by atoms with Gasteiger partial charge in [0.25, 0.3) is 0 Å². The number of fused-ring (bicyclic) bond motifs is 1. The van der Waals surface area contributed by atoms with E-state index in [-0.39, 0.29) is 5.41 Å². The second kappa shape index (κ2) is 9.15. The standard InChI is InChI=1S/C28H46O3/c1-19-23(29)17-20(18-24(19)30)10-11-21-9-7-16-28(6)22(21)12-13-25(28)26(2,3)14-8-15-27(4,5)31/h10-11,22-25,29-31H,1,7-9,12-18H2,2-6H3. The van der Waals surface area contributed by atoms with Crippen LogP contribution in [0.4, 0.5) is 0 Å². The molecular formula is C28H46O3. The molecule has 3 saturated carbocycles. The van der Waals surface area contributed by atoms with Crippen LogP contribution in [0.2, 0.25) is 0 Å². The van der Waals surface area contributed by atoms with Crippen LogP contribution in [0.1, 0.15) is 98.8 Å². The number of hydrogen-bond donors (Lipinski definition) is 3. The Morgan fingerprint density at radius 2 is 1.68 bits per heavy atom. The second-order valence-electron chi connectivity index (χ2n) is 12.3. The molecule has 3 aliphatic carbocycles. The maximum absolute atomic E-state index is 10.2. The number of allylic oxidation sites excluding steroid dienone is 3. The summed E-state index contributed by atoms with van der Waals surface area (Å²) in [5, 5.41) is 30.4. The van der Waals surface area contributed by atoms with Crippen LogP contribution >= 0.6 is 0 Å². The Hall–Kier alpha value is -0.900.